The predicted molar refractivity (Wildman–Crippen MR) is 147 cm³/mol. The van der Waals surface area contributed by atoms with Gasteiger partial charge in [-0.05, 0) is 30.9 Å². The number of nitrogens with one attached hydrogen (secondary N) is 2. The Morgan fingerprint density at radius 1 is 1.51 bits per heavy atom. The highest BCUT2D eigenvalue weighted by Gasteiger charge is 2.54. The van der Waals surface area contributed by atoms with Crippen LogP contribution >= 0.6 is 46.5 Å². The Morgan fingerprint density at radius 2 is 2.24 bits per heavy atom. The van der Waals surface area contributed by atoms with Crippen LogP contribution in [-0.4, -0.2) is 92.3 Å². The highest BCUT2D eigenvalue weighted by molar-refractivity contribution is 8.02. The number of anilines is 1. The summed E-state index contributed by atoms with van der Waals surface area (Å²) in [5.41, 5.74) is 5.87. The van der Waals surface area contributed by atoms with Gasteiger partial charge in [0.1, 0.15) is 33.7 Å². The summed E-state index contributed by atoms with van der Waals surface area (Å²) >= 11 is 9.93. The predicted octanol–water partition coefficient (Wildman–Crippen LogP) is 2.03. The van der Waals surface area contributed by atoms with Gasteiger partial charge in [-0.15, -0.1) is 23.5 Å². The average Bonchev–Trinajstić information content (AvgIpc) is 3.18. The minimum atomic E-state index is -1.23. The molecule has 2 amide bonds. The molecular weight excluding hydrogens is 562 g/mol. The van der Waals surface area contributed by atoms with Crippen LogP contribution in [0.4, 0.5) is 5.13 Å². The molecule has 0 bridgehead atoms. The van der Waals surface area contributed by atoms with Crippen LogP contribution < -0.4 is 11.1 Å². The molecule has 37 heavy (non-hydrogen) atoms. The standard InChI is InChI=1S/C21H26ClN7O5S3/c1-4-34-27-13(12-16(22)37-21(24)26-12)17(30)25-14-18(31)29-15(20(32)33)11(9-36-19(14)29)5-7-35-8-6-28(3)10(2)23/h5,7,14,19,23H,4,6,8-9H2,1-3H3,(H2,24,26)(H,25,30)(H,32,33)/b7-5?,23-10?,27-13-/t14-,19-/m1/s1. The molecule has 1 saturated heterocycles. The number of nitrogen functional groups attached to an aromatic ring is 1. The summed E-state index contributed by atoms with van der Waals surface area (Å²) in [6.07, 6.45) is 1.69. The van der Waals surface area contributed by atoms with Crippen molar-refractivity contribution in [2.24, 2.45) is 5.16 Å². The fourth-order valence-electron chi connectivity index (χ4n) is 3.32. The summed E-state index contributed by atoms with van der Waals surface area (Å²) in [4.78, 5) is 50.1. The van der Waals surface area contributed by atoms with Crippen molar-refractivity contribution >= 4 is 80.9 Å². The van der Waals surface area contributed by atoms with Gasteiger partial charge in [-0.1, -0.05) is 28.1 Å². The number of oxime groups is 1. The van der Waals surface area contributed by atoms with E-state index in [0.29, 0.717) is 29.5 Å². The third kappa shape index (κ3) is 6.58. The van der Waals surface area contributed by atoms with Crippen molar-refractivity contribution in [3.05, 3.63) is 32.8 Å². The van der Waals surface area contributed by atoms with Crippen molar-refractivity contribution in [1.29, 1.82) is 5.41 Å². The van der Waals surface area contributed by atoms with Gasteiger partial charge in [0, 0.05) is 25.1 Å². The Hall–Kier alpha value is -2.75. The molecule has 1 fully saturated rings. The van der Waals surface area contributed by atoms with Crippen LogP contribution in [0.2, 0.25) is 4.34 Å². The maximum Gasteiger partial charge on any atom is 0.352 e. The highest BCUT2D eigenvalue weighted by atomic mass is 35.5. The summed E-state index contributed by atoms with van der Waals surface area (Å²) in [5, 5.41) is 25.1. The fourth-order valence-corrected chi connectivity index (χ4v) is 6.34. The van der Waals surface area contributed by atoms with Crippen molar-refractivity contribution in [2.75, 3.05) is 37.4 Å². The molecule has 2 atom stereocenters. The number of aliphatic carboxylic acids is 1. The van der Waals surface area contributed by atoms with Crippen LogP contribution in [0.5, 0.6) is 0 Å². The number of hydrogen-bond acceptors (Lipinski definition) is 11. The van der Waals surface area contributed by atoms with Crippen molar-refractivity contribution < 1.29 is 24.3 Å². The smallest absolute Gasteiger partial charge is 0.352 e. The molecule has 1 aromatic heterocycles. The van der Waals surface area contributed by atoms with E-state index in [0.717, 1.165) is 11.3 Å². The van der Waals surface area contributed by atoms with Gasteiger partial charge in [-0.2, -0.15) is 0 Å². The molecule has 200 valence electrons. The second kappa shape index (κ2) is 12.7. The molecule has 0 aromatic carbocycles. The summed E-state index contributed by atoms with van der Waals surface area (Å²) < 4.78 is 0.143. The number of carboxylic acid groups (broad SMARTS) is 1. The lowest BCUT2D eigenvalue weighted by Crippen LogP contribution is -2.71. The number of thioether (sulfide) groups is 2. The topological polar surface area (TPSA) is 174 Å². The molecule has 2 aliphatic heterocycles. The third-order valence-electron chi connectivity index (χ3n) is 5.30. The lowest BCUT2D eigenvalue weighted by Gasteiger charge is -2.49. The number of carbonyl (C=O) groups excluding carboxylic acids is 2. The van der Waals surface area contributed by atoms with Crippen molar-refractivity contribution in [1.82, 2.24) is 20.1 Å². The average molecular weight is 588 g/mol. The molecule has 0 saturated carbocycles. The normalized spacial score (nSPS) is 19.5. The molecule has 0 unspecified atom stereocenters. The number of amidine groups is 1. The minimum absolute atomic E-state index is 0.0352. The summed E-state index contributed by atoms with van der Waals surface area (Å²) in [6.45, 7) is 4.24. The largest absolute Gasteiger partial charge is 0.477 e. The Bertz CT molecular complexity index is 1190. The summed E-state index contributed by atoms with van der Waals surface area (Å²) in [7, 11) is 1.83. The van der Waals surface area contributed by atoms with E-state index in [4.69, 9.17) is 27.6 Å². The van der Waals surface area contributed by atoms with Gasteiger partial charge in [0.15, 0.2) is 10.8 Å². The second-order valence-corrected chi connectivity index (χ2v) is 11.5. The Balaban J connectivity index is 1.71. The van der Waals surface area contributed by atoms with E-state index in [1.54, 1.807) is 30.2 Å². The number of carbonyl (C=O) groups is 3. The number of halogens is 1. The first-order valence-corrected chi connectivity index (χ1v) is 14.2. The SMILES string of the molecule is CCO/N=C(\C(=O)N[C@@H]1C(=O)N2C(C(=O)O)=C(C=CSCCN(C)C(C)=N)CS[C@H]12)c1nc(N)sc1Cl. The van der Waals surface area contributed by atoms with E-state index in [1.165, 1.54) is 28.4 Å². The van der Waals surface area contributed by atoms with Crippen LogP contribution in [0, 0.1) is 5.41 Å². The lowest BCUT2D eigenvalue weighted by atomic mass is 10.0. The van der Waals surface area contributed by atoms with Gasteiger partial charge in [-0.3, -0.25) is 19.9 Å². The van der Waals surface area contributed by atoms with Gasteiger partial charge in [0.05, 0.1) is 5.84 Å². The number of rotatable bonds is 11. The summed E-state index contributed by atoms with van der Waals surface area (Å²) in [6, 6.07) is -0.965. The number of carboxylic acids is 1. The fraction of sp³-hybridized carbons (Fsp3) is 0.429. The number of allylic oxidation sites excluding steroid dienone is 1. The molecule has 3 rings (SSSR count). The maximum absolute atomic E-state index is 13.0. The molecule has 0 spiro atoms. The number of nitrogens with two attached hydrogens (primary N) is 1. The zero-order valence-electron chi connectivity index (χ0n) is 20.2. The highest BCUT2D eigenvalue weighted by Crippen LogP contribution is 2.41. The molecule has 0 aliphatic carbocycles. The van der Waals surface area contributed by atoms with Gasteiger partial charge < -0.3 is 25.9 Å². The molecule has 3 heterocycles. The van der Waals surface area contributed by atoms with E-state index < -0.39 is 29.2 Å². The number of thiazole rings is 1. The van der Waals surface area contributed by atoms with Crippen molar-refractivity contribution in [3.63, 3.8) is 0 Å². The lowest BCUT2D eigenvalue weighted by molar-refractivity contribution is -0.150. The number of hydrogen-bond donors (Lipinski definition) is 4. The Labute approximate surface area is 230 Å². The van der Waals surface area contributed by atoms with Crippen LogP contribution in [0.1, 0.15) is 19.5 Å². The van der Waals surface area contributed by atoms with Crippen molar-refractivity contribution in [2.45, 2.75) is 25.3 Å². The van der Waals surface area contributed by atoms with Crippen LogP contribution in [0.15, 0.2) is 27.9 Å². The maximum atomic E-state index is 13.0. The first-order valence-electron chi connectivity index (χ1n) is 10.9. The number of nitrogens with zero attached hydrogens (tertiary/aromatic N) is 4. The van der Waals surface area contributed by atoms with Crippen LogP contribution in [-0.2, 0) is 19.2 Å². The molecule has 0 radical (unpaired) electrons. The number of aromatic nitrogens is 1. The second-order valence-electron chi connectivity index (χ2n) is 7.75. The molecular formula is C21H26ClN7O5S3. The number of amides is 2. The number of β-lactam (4-membered cyclic amide) rings is 1. The molecule has 5 N–H and O–H groups in total. The van der Waals surface area contributed by atoms with E-state index in [-0.39, 0.29) is 33.2 Å². The molecule has 16 heteroatoms. The van der Waals surface area contributed by atoms with Gasteiger partial charge in [0.2, 0.25) is 0 Å². The van der Waals surface area contributed by atoms with Crippen LogP contribution in [0.25, 0.3) is 0 Å². The Kier molecular flexibility index (Phi) is 9.87. The summed E-state index contributed by atoms with van der Waals surface area (Å²) in [5.74, 6) is -1.01. The first kappa shape index (κ1) is 28.8. The van der Waals surface area contributed by atoms with Gasteiger partial charge in [0.25, 0.3) is 11.8 Å². The number of fused-ring (bicyclic) bond motifs is 1. The zero-order chi connectivity index (χ0) is 27.3. The van der Waals surface area contributed by atoms with Crippen molar-refractivity contribution in [3.8, 4) is 0 Å². The zero-order valence-corrected chi connectivity index (χ0v) is 23.4. The third-order valence-corrected chi connectivity index (χ3v) is 8.43. The van der Waals surface area contributed by atoms with Gasteiger partial charge in [-0.25, -0.2) is 9.78 Å². The van der Waals surface area contributed by atoms with E-state index in [9.17, 15) is 19.5 Å². The Morgan fingerprint density at radius 3 is 2.84 bits per heavy atom. The molecule has 2 aliphatic rings. The monoisotopic (exact) mass is 587 g/mol. The first-order chi connectivity index (χ1) is 17.6. The minimum Gasteiger partial charge on any atom is -0.477 e. The van der Waals surface area contributed by atoms with Crippen LogP contribution in [0.3, 0.4) is 0 Å². The van der Waals surface area contributed by atoms with E-state index in [2.05, 4.69) is 15.5 Å². The van der Waals surface area contributed by atoms with Gasteiger partial charge >= 0.3 is 5.97 Å². The quantitative estimate of drug-likeness (QED) is 0.0985. The van der Waals surface area contributed by atoms with E-state index in [1.807, 2.05) is 7.05 Å². The molecule has 1 aromatic rings. The van der Waals surface area contributed by atoms with E-state index >= 15 is 0 Å². The molecule has 12 nitrogen and oxygen atoms in total.